The van der Waals surface area contributed by atoms with Crippen molar-refractivity contribution in [2.24, 2.45) is 0 Å². The van der Waals surface area contributed by atoms with Gasteiger partial charge in [0.25, 0.3) is 0 Å². The maximum absolute atomic E-state index is 12.9. The first-order valence-electron chi connectivity index (χ1n) is 13.5. The SMILES string of the molecule is CC(C)(C)OC(=O)N1CCCC(n2nc(-c3ccc(Oc4ccccc4)cc3)c3cc4c(N)ncnc4cc32)C1. The molecule has 0 aliphatic carbocycles. The second-order valence-electron chi connectivity index (χ2n) is 11.1. The van der Waals surface area contributed by atoms with Gasteiger partial charge in [0, 0.05) is 29.4 Å². The molecule has 1 aliphatic heterocycles. The van der Waals surface area contributed by atoms with Crippen molar-refractivity contribution < 1.29 is 14.3 Å². The van der Waals surface area contributed by atoms with Gasteiger partial charge in [-0.1, -0.05) is 18.2 Å². The average molecular weight is 537 g/mol. The van der Waals surface area contributed by atoms with Gasteiger partial charge in [0.2, 0.25) is 0 Å². The molecule has 3 heterocycles. The normalized spacial score (nSPS) is 15.9. The Morgan fingerprint density at radius 1 is 0.975 bits per heavy atom. The minimum Gasteiger partial charge on any atom is -0.457 e. The Kier molecular flexibility index (Phi) is 6.50. The van der Waals surface area contributed by atoms with Crippen LogP contribution in [0.1, 0.15) is 39.7 Å². The molecule has 1 atom stereocenters. The van der Waals surface area contributed by atoms with E-state index in [1.165, 1.54) is 6.33 Å². The Morgan fingerprint density at radius 2 is 1.73 bits per heavy atom. The quantitative estimate of drug-likeness (QED) is 0.276. The molecule has 5 aromatic rings. The van der Waals surface area contributed by atoms with Crippen LogP contribution in [0.3, 0.4) is 0 Å². The number of ether oxygens (including phenoxy) is 2. The monoisotopic (exact) mass is 536 g/mol. The van der Waals surface area contributed by atoms with Crippen LogP contribution >= 0.6 is 0 Å². The van der Waals surface area contributed by atoms with E-state index < -0.39 is 5.60 Å². The molecule has 2 N–H and O–H groups in total. The van der Waals surface area contributed by atoms with Crippen molar-refractivity contribution in [3.63, 3.8) is 0 Å². The highest BCUT2D eigenvalue weighted by molar-refractivity contribution is 6.04. The van der Waals surface area contributed by atoms with Crippen molar-refractivity contribution >= 4 is 33.7 Å². The van der Waals surface area contributed by atoms with Crippen LogP contribution in [0, 0.1) is 0 Å². The third kappa shape index (κ3) is 5.14. The molecule has 9 nitrogen and oxygen atoms in total. The van der Waals surface area contributed by atoms with E-state index in [1.54, 1.807) is 4.90 Å². The molecule has 0 spiro atoms. The number of anilines is 1. The Bertz CT molecular complexity index is 1680. The maximum Gasteiger partial charge on any atom is 0.410 e. The smallest absolute Gasteiger partial charge is 0.410 e. The van der Waals surface area contributed by atoms with Crippen LogP contribution in [-0.2, 0) is 4.74 Å². The van der Waals surface area contributed by atoms with Crippen molar-refractivity contribution in [2.45, 2.75) is 45.3 Å². The lowest BCUT2D eigenvalue weighted by molar-refractivity contribution is 0.0169. The fourth-order valence-electron chi connectivity index (χ4n) is 5.15. The van der Waals surface area contributed by atoms with Gasteiger partial charge in [-0.25, -0.2) is 14.8 Å². The minimum absolute atomic E-state index is 0.0187. The van der Waals surface area contributed by atoms with Crippen LogP contribution in [0.2, 0.25) is 0 Å². The molecule has 6 rings (SSSR count). The molecule has 9 heteroatoms. The maximum atomic E-state index is 12.9. The Labute approximate surface area is 232 Å². The van der Waals surface area contributed by atoms with E-state index >= 15 is 0 Å². The number of para-hydroxylation sites is 1. The van der Waals surface area contributed by atoms with Crippen molar-refractivity contribution in [3.8, 4) is 22.8 Å². The fourth-order valence-corrected chi connectivity index (χ4v) is 5.15. The molecule has 0 radical (unpaired) electrons. The zero-order valence-corrected chi connectivity index (χ0v) is 22.9. The molecule has 0 bridgehead atoms. The summed E-state index contributed by atoms with van der Waals surface area (Å²) >= 11 is 0. The highest BCUT2D eigenvalue weighted by Gasteiger charge is 2.30. The van der Waals surface area contributed by atoms with E-state index in [1.807, 2.05) is 92.2 Å². The Balaban J connectivity index is 1.40. The predicted octanol–water partition coefficient (Wildman–Crippen LogP) is 6.59. The molecule has 0 saturated carbocycles. The zero-order valence-electron chi connectivity index (χ0n) is 22.9. The number of likely N-dealkylation sites (tertiary alicyclic amines) is 1. The molecule has 1 aliphatic rings. The summed E-state index contributed by atoms with van der Waals surface area (Å²) in [5.74, 6) is 1.94. The molecule has 3 aromatic carbocycles. The van der Waals surface area contributed by atoms with Gasteiger partial charge in [-0.15, -0.1) is 0 Å². The highest BCUT2D eigenvalue weighted by Crippen LogP contribution is 2.36. The molecule has 1 unspecified atom stereocenters. The lowest BCUT2D eigenvalue weighted by atomic mass is 10.0. The Morgan fingerprint density at radius 3 is 2.48 bits per heavy atom. The van der Waals surface area contributed by atoms with Crippen molar-refractivity contribution in [3.05, 3.63) is 73.1 Å². The van der Waals surface area contributed by atoms with E-state index in [4.69, 9.17) is 20.3 Å². The van der Waals surface area contributed by atoms with E-state index in [0.717, 1.165) is 57.4 Å². The number of benzene rings is 3. The number of amides is 1. The number of carbonyl (C=O) groups excluding carboxylic acids is 1. The van der Waals surface area contributed by atoms with Gasteiger partial charge in [0.1, 0.15) is 34.9 Å². The summed E-state index contributed by atoms with van der Waals surface area (Å²) < 4.78 is 13.7. The van der Waals surface area contributed by atoms with Crippen molar-refractivity contribution in [1.29, 1.82) is 0 Å². The predicted molar refractivity (Wildman–Crippen MR) is 155 cm³/mol. The van der Waals surface area contributed by atoms with Crippen molar-refractivity contribution in [1.82, 2.24) is 24.6 Å². The second-order valence-corrected chi connectivity index (χ2v) is 11.1. The van der Waals surface area contributed by atoms with Gasteiger partial charge >= 0.3 is 6.09 Å². The summed E-state index contributed by atoms with van der Waals surface area (Å²) in [7, 11) is 0. The van der Waals surface area contributed by atoms with E-state index in [0.29, 0.717) is 18.9 Å². The van der Waals surface area contributed by atoms with E-state index in [9.17, 15) is 4.79 Å². The highest BCUT2D eigenvalue weighted by atomic mass is 16.6. The first-order valence-corrected chi connectivity index (χ1v) is 13.5. The topological polar surface area (TPSA) is 108 Å². The third-order valence-electron chi connectivity index (χ3n) is 6.99. The van der Waals surface area contributed by atoms with Crippen LogP contribution in [-0.4, -0.2) is 49.4 Å². The van der Waals surface area contributed by atoms with Gasteiger partial charge in [-0.05, 0) is 82.1 Å². The molecule has 2 aromatic heterocycles. The summed E-state index contributed by atoms with van der Waals surface area (Å²) in [6, 6.07) is 21.6. The van der Waals surface area contributed by atoms with Crippen LogP contribution in [0.15, 0.2) is 73.1 Å². The Hall–Kier alpha value is -4.66. The third-order valence-corrected chi connectivity index (χ3v) is 6.99. The van der Waals surface area contributed by atoms with Crippen molar-refractivity contribution in [2.75, 3.05) is 18.8 Å². The number of aromatic nitrogens is 4. The largest absolute Gasteiger partial charge is 0.457 e. The summed E-state index contributed by atoms with van der Waals surface area (Å²) in [6.07, 6.45) is 2.92. The molecule has 1 amide bonds. The summed E-state index contributed by atoms with van der Waals surface area (Å²) in [5.41, 5.74) is 9.12. The number of rotatable bonds is 4. The van der Waals surface area contributed by atoms with Gasteiger partial charge < -0.3 is 20.1 Å². The lowest BCUT2D eigenvalue weighted by Gasteiger charge is -2.34. The molecule has 40 heavy (non-hydrogen) atoms. The fraction of sp³-hybridized carbons (Fsp3) is 0.290. The number of carbonyl (C=O) groups is 1. The minimum atomic E-state index is -0.551. The first kappa shape index (κ1) is 25.6. The zero-order chi connectivity index (χ0) is 27.9. The van der Waals surface area contributed by atoms with Gasteiger partial charge in [0.05, 0.1) is 17.1 Å². The van der Waals surface area contributed by atoms with Crippen LogP contribution in [0.5, 0.6) is 11.5 Å². The summed E-state index contributed by atoms with van der Waals surface area (Å²) in [4.78, 5) is 23.3. The molecular formula is C31H32N6O3. The molecule has 1 saturated heterocycles. The molecule has 204 valence electrons. The number of nitrogen functional groups attached to an aromatic ring is 1. The lowest BCUT2D eigenvalue weighted by Crippen LogP contribution is -2.43. The number of nitrogens with two attached hydrogens (primary N) is 1. The molecule has 1 fully saturated rings. The average Bonchev–Trinajstić information content (AvgIpc) is 3.31. The van der Waals surface area contributed by atoms with Gasteiger partial charge in [0.15, 0.2) is 0 Å². The van der Waals surface area contributed by atoms with Crippen LogP contribution < -0.4 is 10.5 Å². The first-order chi connectivity index (χ1) is 19.2. The van der Waals surface area contributed by atoms with Crippen LogP contribution in [0.4, 0.5) is 10.6 Å². The van der Waals surface area contributed by atoms with Crippen LogP contribution in [0.25, 0.3) is 33.1 Å². The second kappa shape index (κ2) is 10.1. The van der Waals surface area contributed by atoms with Gasteiger partial charge in [-0.2, -0.15) is 5.10 Å². The summed E-state index contributed by atoms with van der Waals surface area (Å²) in [6.45, 7) is 6.82. The number of nitrogens with zero attached hydrogens (tertiary/aromatic N) is 5. The van der Waals surface area contributed by atoms with Gasteiger partial charge in [-0.3, -0.25) is 4.68 Å². The van der Waals surface area contributed by atoms with E-state index in [2.05, 4.69) is 9.97 Å². The number of hydrogen-bond acceptors (Lipinski definition) is 7. The summed E-state index contributed by atoms with van der Waals surface area (Å²) in [5, 5.41) is 6.85. The standard InChI is InChI=1S/C31H32N6O3/c1-31(2,3)40-30(38)36-15-7-8-21(18-36)37-27-17-26-24(29(32)34-19-33-26)16-25(27)28(35-37)20-11-13-23(14-12-20)39-22-9-5-4-6-10-22/h4-6,9-14,16-17,19,21H,7-8,15,18H2,1-3H3,(H2,32,33,34). The number of piperidine rings is 1. The number of hydrogen-bond donors (Lipinski definition) is 1. The van der Waals surface area contributed by atoms with E-state index in [-0.39, 0.29) is 12.1 Å². The molecular weight excluding hydrogens is 504 g/mol. The number of fused-ring (bicyclic) bond motifs is 2.